The van der Waals surface area contributed by atoms with Crippen molar-refractivity contribution >= 4 is 11.6 Å². The van der Waals surface area contributed by atoms with Crippen LogP contribution in [-0.4, -0.2) is 34.8 Å². The highest BCUT2D eigenvalue weighted by atomic mass is 16.5. The van der Waals surface area contributed by atoms with E-state index in [9.17, 15) is 4.79 Å². The zero-order chi connectivity index (χ0) is 11.7. The van der Waals surface area contributed by atoms with E-state index in [1.165, 1.54) is 14.2 Å². The van der Waals surface area contributed by atoms with Gasteiger partial charge < -0.3 is 9.47 Å². The highest BCUT2D eigenvalue weighted by molar-refractivity contribution is 5.92. The number of hydrogen-bond acceptors (Lipinski definition) is 5. The number of carbonyl (C=O) groups excluding carboxylic acids is 1. The average molecular weight is 221 g/mol. The molecule has 0 spiro atoms. The Bertz CT molecular complexity index is 547. The molecule has 0 radical (unpaired) electrons. The van der Waals surface area contributed by atoms with Gasteiger partial charge in [-0.1, -0.05) is 0 Å². The van der Waals surface area contributed by atoms with E-state index in [4.69, 9.17) is 4.74 Å². The van der Waals surface area contributed by atoms with Crippen molar-refractivity contribution < 1.29 is 14.3 Å². The first kappa shape index (κ1) is 10.4. The van der Waals surface area contributed by atoms with Crippen LogP contribution >= 0.6 is 0 Å². The van der Waals surface area contributed by atoms with Gasteiger partial charge in [0.25, 0.3) is 0 Å². The summed E-state index contributed by atoms with van der Waals surface area (Å²) in [6, 6.07) is 3.29. The monoisotopic (exact) mass is 221 g/mol. The van der Waals surface area contributed by atoms with Gasteiger partial charge in [-0.2, -0.15) is 0 Å². The minimum atomic E-state index is -0.452. The zero-order valence-corrected chi connectivity index (χ0v) is 9.22. The Morgan fingerprint density at radius 1 is 1.31 bits per heavy atom. The fraction of sp³-hybridized carbons (Fsp3) is 0.300. The van der Waals surface area contributed by atoms with Crippen LogP contribution in [0.4, 0.5) is 0 Å². The molecule has 0 aliphatic carbocycles. The molecule has 16 heavy (non-hydrogen) atoms. The van der Waals surface area contributed by atoms with Crippen molar-refractivity contribution in [3.05, 3.63) is 23.5 Å². The summed E-state index contributed by atoms with van der Waals surface area (Å²) in [6.45, 7) is 1.78. The lowest BCUT2D eigenvalue weighted by Crippen LogP contribution is -2.08. The van der Waals surface area contributed by atoms with Gasteiger partial charge >= 0.3 is 5.97 Å². The SMILES string of the molecule is COC(=O)c1ccc2nnc(C)n2c1OC. The molecule has 6 nitrogen and oxygen atoms in total. The molecule has 2 heterocycles. The van der Waals surface area contributed by atoms with E-state index < -0.39 is 5.97 Å². The summed E-state index contributed by atoms with van der Waals surface area (Å²) < 4.78 is 11.5. The summed E-state index contributed by atoms with van der Waals surface area (Å²) in [4.78, 5) is 11.5. The highest BCUT2D eigenvalue weighted by Gasteiger charge is 2.17. The van der Waals surface area contributed by atoms with Crippen LogP contribution in [0.25, 0.3) is 5.65 Å². The lowest BCUT2D eigenvalue weighted by Gasteiger charge is -2.09. The van der Waals surface area contributed by atoms with E-state index in [1.54, 1.807) is 23.5 Å². The number of esters is 1. The van der Waals surface area contributed by atoms with Gasteiger partial charge in [-0.25, -0.2) is 9.20 Å². The maximum absolute atomic E-state index is 11.5. The molecule has 0 fully saturated rings. The maximum atomic E-state index is 11.5. The minimum Gasteiger partial charge on any atom is -0.481 e. The normalized spacial score (nSPS) is 10.4. The van der Waals surface area contributed by atoms with Crippen LogP contribution in [0.1, 0.15) is 16.2 Å². The second kappa shape index (κ2) is 3.80. The van der Waals surface area contributed by atoms with Crippen molar-refractivity contribution in [3.63, 3.8) is 0 Å². The van der Waals surface area contributed by atoms with E-state index in [2.05, 4.69) is 14.9 Å². The molecule has 2 aromatic heterocycles. The Hall–Kier alpha value is -2.11. The van der Waals surface area contributed by atoms with E-state index in [0.717, 1.165) is 0 Å². The summed E-state index contributed by atoms with van der Waals surface area (Å²) in [5, 5.41) is 7.85. The number of hydrogen-bond donors (Lipinski definition) is 0. The number of nitrogens with zero attached hydrogens (tertiary/aromatic N) is 3. The maximum Gasteiger partial charge on any atom is 0.343 e. The fourth-order valence-electron chi connectivity index (χ4n) is 1.55. The molecule has 0 saturated carbocycles. The largest absolute Gasteiger partial charge is 0.481 e. The summed E-state index contributed by atoms with van der Waals surface area (Å²) >= 11 is 0. The first-order valence-electron chi connectivity index (χ1n) is 4.66. The first-order valence-corrected chi connectivity index (χ1v) is 4.66. The molecular formula is C10H11N3O3. The van der Waals surface area contributed by atoms with E-state index in [-0.39, 0.29) is 0 Å². The number of aromatic nitrogens is 3. The van der Waals surface area contributed by atoms with Gasteiger partial charge in [0.05, 0.1) is 14.2 Å². The number of rotatable bonds is 2. The van der Waals surface area contributed by atoms with Gasteiger partial charge in [-0.15, -0.1) is 10.2 Å². The fourth-order valence-corrected chi connectivity index (χ4v) is 1.55. The summed E-state index contributed by atoms with van der Waals surface area (Å²) in [5.74, 6) is 0.580. The van der Waals surface area contributed by atoms with Gasteiger partial charge in [-0.3, -0.25) is 0 Å². The first-order chi connectivity index (χ1) is 7.69. The predicted molar refractivity (Wildman–Crippen MR) is 55.6 cm³/mol. The average Bonchev–Trinajstić information content (AvgIpc) is 2.69. The van der Waals surface area contributed by atoms with Crippen LogP contribution in [-0.2, 0) is 4.74 Å². The Morgan fingerprint density at radius 3 is 2.69 bits per heavy atom. The molecule has 0 aliphatic heterocycles. The van der Waals surface area contributed by atoms with Crippen molar-refractivity contribution in [2.45, 2.75) is 6.92 Å². The van der Waals surface area contributed by atoms with Gasteiger partial charge in [0.2, 0.25) is 5.88 Å². The number of ether oxygens (including phenoxy) is 2. The second-order valence-corrected chi connectivity index (χ2v) is 3.19. The van der Waals surface area contributed by atoms with Gasteiger partial charge in [0.1, 0.15) is 11.4 Å². The van der Waals surface area contributed by atoms with Crippen molar-refractivity contribution in [1.82, 2.24) is 14.6 Å². The standard InChI is InChI=1S/C10H11N3O3/c1-6-11-12-8-5-4-7(10(14)16-3)9(15-2)13(6)8/h4-5H,1-3H3. The van der Waals surface area contributed by atoms with E-state index in [1.807, 2.05) is 0 Å². The van der Waals surface area contributed by atoms with Crippen LogP contribution in [0, 0.1) is 6.92 Å². The number of methoxy groups -OCH3 is 2. The molecule has 2 aromatic rings. The predicted octanol–water partition coefficient (Wildman–Crippen LogP) is 0.833. The topological polar surface area (TPSA) is 65.7 Å². The number of pyridine rings is 1. The van der Waals surface area contributed by atoms with Gasteiger partial charge in [0, 0.05) is 0 Å². The third-order valence-corrected chi connectivity index (χ3v) is 2.28. The zero-order valence-electron chi connectivity index (χ0n) is 9.22. The van der Waals surface area contributed by atoms with Crippen LogP contribution in [0.15, 0.2) is 12.1 Å². The molecule has 0 atom stereocenters. The molecule has 6 heteroatoms. The minimum absolute atomic E-state index is 0.348. The molecule has 2 rings (SSSR count). The quantitative estimate of drug-likeness (QED) is 0.703. The third kappa shape index (κ3) is 1.39. The molecule has 0 N–H and O–H groups in total. The third-order valence-electron chi connectivity index (χ3n) is 2.28. The Labute approximate surface area is 91.8 Å². The van der Waals surface area contributed by atoms with E-state index in [0.29, 0.717) is 22.9 Å². The smallest absolute Gasteiger partial charge is 0.343 e. The molecule has 84 valence electrons. The molecule has 0 unspecified atom stereocenters. The van der Waals surface area contributed by atoms with Crippen LogP contribution in [0.3, 0.4) is 0 Å². The van der Waals surface area contributed by atoms with Crippen LogP contribution in [0.5, 0.6) is 5.88 Å². The Kier molecular flexibility index (Phi) is 2.47. The number of fused-ring (bicyclic) bond motifs is 1. The summed E-state index contributed by atoms with van der Waals surface area (Å²) in [6.07, 6.45) is 0. The molecule has 0 bridgehead atoms. The van der Waals surface area contributed by atoms with Gasteiger partial charge in [-0.05, 0) is 19.1 Å². The second-order valence-electron chi connectivity index (χ2n) is 3.19. The molecular weight excluding hydrogens is 210 g/mol. The van der Waals surface area contributed by atoms with Crippen molar-refractivity contribution in [2.24, 2.45) is 0 Å². The number of aryl methyl sites for hydroxylation is 1. The Balaban J connectivity index is 2.76. The van der Waals surface area contributed by atoms with Crippen molar-refractivity contribution in [3.8, 4) is 5.88 Å². The molecule has 0 aromatic carbocycles. The lowest BCUT2D eigenvalue weighted by molar-refractivity contribution is 0.0596. The highest BCUT2D eigenvalue weighted by Crippen LogP contribution is 2.21. The van der Waals surface area contributed by atoms with Crippen LogP contribution < -0.4 is 4.74 Å². The molecule has 0 amide bonds. The van der Waals surface area contributed by atoms with Crippen molar-refractivity contribution in [1.29, 1.82) is 0 Å². The molecule has 0 saturated heterocycles. The molecule has 0 aliphatic rings. The summed E-state index contributed by atoms with van der Waals surface area (Å²) in [7, 11) is 2.81. The van der Waals surface area contributed by atoms with Crippen molar-refractivity contribution in [2.75, 3.05) is 14.2 Å². The lowest BCUT2D eigenvalue weighted by atomic mass is 10.2. The van der Waals surface area contributed by atoms with Crippen LogP contribution in [0.2, 0.25) is 0 Å². The van der Waals surface area contributed by atoms with Gasteiger partial charge in [0.15, 0.2) is 5.65 Å². The Morgan fingerprint density at radius 2 is 2.06 bits per heavy atom. The number of carbonyl (C=O) groups is 1. The summed E-state index contributed by atoms with van der Waals surface area (Å²) in [5.41, 5.74) is 0.974. The van der Waals surface area contributed by atoms with E-state index >= 15 is 0 Å².